The van der Waals surface area contributed by atoms with E-state index in [1.807, 2.05) is 0 Å². The number of amides is 2. The summed E-state index contributed by atoms with van der Waals surface area (Å²) in [4.78, 5) is 48.5. The van der Waals surface area contributed by atoms with Crippen molar-refractivity contribution in [3.05, 3.63) is 83.4 Å². The second-order valence-electron chi connectivity index (χ2n) is 7.67. The van der Waals surface area contributed by atoms with Gasteiger partial charge in [-0.25, -0.2) is 23.1 Å². The molecule has 0 aromatic heterocycles. The van der Waals surface area contributed by atoms with Crippen LogP contribution in [0.3, 0.4) is 0 Å². The molecule has 3 aromatic carbocycles. The number of carboxylic acids is 2. The Morgan fingerprint density at radius 1 is 0.838 bits per heavy atom. The Kier molecular flexibility index (Phi) is 8.32. The molecule has 0 fully saturated rings. The first kappa shape index (κ1) is 27.4. The van der Waals surface area contributed by atoms with Crippen LogP contribution in [0.4, 0.5) is 11.4 Å². The van der Waals surface area contributed by atoms with Gasteiger partial charge in [-0.2, -0.15) is 0 Å². The molecule has 0 bridgehead atoms. The Hall–Kier alpha value is -4.20. The molecule has 0 saturated heterocycles. The number of carbonyl (C=O) groups is 4. The van der Waals surface area contributed by atoms with E-state index < -0.39 is 38.7 Å². The molecule has 3 rings (SSSR count). The number of thioether (sulfide) groups is 1. The van der Waals surface area contributed by atoms with Gasteiger partial charge < -0.3 is 20.8 Å². The zero-order chi connectivity index (χ0) is 27.3. The summed E-state index contributed by atoms with van der Waals surface area (Å²) in [6.45, 7) is 1.66. The normalized spacial score (nSPS) is 11.8. The number of benzene rings is 3. The molecule has 1 atom stereocenters. The number of sulfonamides is 1. The van der Waals surface area contributed by atoms with Crippen LogP contribution in [0.15, 0.2) is 76.5 Å². The van der Waals surface area contributed by atoms with Gasteiger partial charge >= 0.3 is 11.9 Å². The van der Waals surface area contributed by atoms with Gasteiger partial charge in [0.1, 0.15) is 0 Å². The highest BCUT2D eigenvalue weighted by Gasteiger charge is 2.20. The number of rotatable bonds is 9. The van der Waals surface area contributed by atoms with Crippen LogP contribution in [-0.2, 0) is 14.8 Å². The molecule has 3 aromatic rings. The lowest BCUT2D eigenvalue weighted by molar-refractivity contribution is -0.115. The highest BCUT2D eigenvalue weighted by molar-refractivity contribution is 8.00. The topological polar surface area (TPSA) is 193 Å². The first-order valence-corrected chi connectivity index (χ1v) is 12.9. The van der Waals surface area contributed by atoms with Gasteiger partial charge in [0.2, 0.25) is 15.9 Å². The number of nitrogens with one attached hydrogen (secondary N) is 2. The third-order valence-electron chi connectivity index (χ3n) is 4.97. The average Bonchev–Trinajstić information content (AvgIpc) is 2.83. The van der Waals surface area contributed by atoms with Crippen molar-refractivity contribution in [1.82, 2.24) is 0 Å². The lowest BCUT2D eigenvalue weighted by Gasteiger charge is -2.14. The number of hydrogen-bond donors (Lipinski definition) is 5. The predicted molar refractivity (Wildman–Crippen MR) is 137 cm³/mol. The van der Waals surface area contributed by atoms with E-state index in [9.17, 15) is 32.7 Å². The molecule has 192 valence electrons. The molecule has 0 aliphatic heterocycles. The highest BCUT2D eigenvalue weighted by atomic mass is 32.2. The van der Waals surface area contributed by atoms with E-state index in [4.69, 9.17) is 10.2 Å². The Morgan fingerprint density at radius 2 is 1.51 bits per heavy atom. The molecule has 0 aliphatic carbocycles. The van der Waals surface area contributed by atoms with Crippen LogP contribution >= 0.6 is 11.8 Å². The van der Waals surface area contributed by atoms with E-state index in [1.54, 1.807) is 31.2 Å². The van der Waals surface area contributed by atoms with E-state index in [2.05, 4.69) is 10.6 Å². The van der Waals surface area contributed by atoms with Crippen molar-refractivity contribution in [3.63, 3.8) is 0 Å². The SMILES string of the molecule is CC(Sc1cccc(NC(=O)c2ccc(C(=O)O)cc2C(=O)O)c1)C(=O)Nc1ccc(S(N)(=O)=O)cc1. The first-order chi connectivity index (χ1) is 17.3. The smallest absolute Gasteiger partial charge is 0.336 e. The zero-order valence-electron chi connectivity index (χ0n) is 19.2. The van der Waals surface area contributed by atoms with Gasteiger partial charge in [-0.05, 0) is 67.6 Å². The minimum Gasteiger partial charge on any atom is -0.478 e. The maximum atomic E-state index is 12.7. The Morgan fingerprint density at radius 3 is 2.11 bits per heavy atom. The molecule has 0 aliphatic rings. The van der Waals surface area contributed by atoms with Gasteiger partial charge in [0.05, 0.1) is 26.8 Å². The Labute approximate surface area is 215 Å². The van der Waals surface area contributed by atoms with Crippen LogP contribution in [0.5, 0.6) is 0 Å². The maximum absolute atomic E-state index is 12.7. The molecule has 6 N–H and O–H groups in total. The van der Waals surface area contributed by atoms with Crippen molar-refractivity contribution in [1.29, 1.82) is 0 Å². The molecule has 11 nitrogen and oxygen atoms in total. The molecule has 37 heavy (non-hydrogen) atoms. The number of carbonyl (C=O) groups excluding carboxylic acids is 2. The quantitative estimate of drug-likeness (QED) is 0.252. The molecule has 2 amide bonds. The van der Waals surface area contributed by atoms with Crippen LogP contribution in [0.2, 0.25) is 0 Å². The highest BCUT2D eigenvalue weighted by Crippen LogP contribution is 2.27. The third kappa shape index (κ3) is 7.16. The van der Waals surface area contributed by atoms with Gasteiger partial charge in [0, 0.05) is 16.3 Å². The number of anilines is 2. The Balaban J connectivity index is 1.68. The minimum absolute atomic E-state index is 0.0833. The zero-order valence-corrected chi connectivity index (χ0v) is 20.8. The lowest BCUT2D eigenvalue weighted by Crippen LogP contribution is -2.22. The van der Waals surface area contributed by atoms with E-state index in [1.165, 1.54) is 36.0 Å². The van der Waals surface area contributed by atoms with Gasteiger partial charge in [-0.15, -0.1) is 11.8 Å². The van der Waals surface area contributed by atoms with Gasteiger partial charge in [0.15, 0.2) is 0 Å². The van der Waals surface area contributed by atoms with Gasteiger partial charge in [-0.1, -0.05) is 6.07 Å². The Bertz CT molecular complexity index is 1490. The molecule has 0 saturated carbocycles. The molecule has 0 spiro atoms. The van der Waals surface area contributed by atoms with Crippen molar-refractivity contribution in [3.8, 4) is 0 Å². The fourth-order valence-electron chi connectivity index (χ4n) is 3.13. The fourth-order valence-corrected chi connectivity index (χ4v) is 4.57. The number of nitrogens with two attached hydrogens (primary N) is 1. The van der Waals surface area contributed by atoms with Crippen molar-refractivity contribution in [2.75, 3.05) is 10.6 Å². The lowest BCUT2D eigenvalue weighted by atomic mass is 10.0. The van der Waals surface area contributed by atoms with Crippen LogP contribution in [0.25, 0.3) is 0 Å². The summed E-state index contributed by atoms with van der Waals surface area (Å²) in [5.74, 6) is -3.87. The number of hydrogen-bond acceptors (Lipinski definition) is 7. The molecule has 0 heterocycles. The molecule has 1 unspecified atom stereocenters. The second kappa shape index (κ2) is 11.2. The number of primary sulfonamides is 1. The van der Waals surface area contributed by atoms with Gasteiger partial charge in [-0.3, -0.25) is 9.59 Å². The predicted octanol–water partition coefficient (Wildman–Crippen LogP) is 3.10. The largest absolute Gasteiger partial charge is 0.478 e. The van der Waals surface area contributed by atoms with Crippen molar-refractivity contribution in [2.24, 2.45) is 5.14 Å². The van der Waals surface area contributed by atoms with Crippen molar-refractivity contribution in [2.45, 2.75) is 22.0 Å². The summed E-state index contributed by atoms with van der Waals surface area (Å²) < 4.78 is 22.7. The molecule has 13 heteroatoms. The molecular weight excluding hydrogens is 522 g/mol. The van der Waals surface area contributed by atoms with E-state index in [-0.39, 0.29) is 21.9 Å². The van der Waals surface area contributed by atoms with Crippen LogP contribution < -0.4 is 15.8 Å². The van der Waals surface area contributed by atoms with Gasteiger partial charge in [0.25, 0.3) is 5.91 Å². The third-order valence-corrected chi connectivity index (χ3v) is 6.99. The van der Waals surface area contributed by atoms with Crippen molar-refractivity contribution >= 4 is 56.9 Å². The fraction of sp³-hybridized carbons (Fsp3) is 0.0833. The monoisotopic (exact) mass is 543 g/mol. The first-order valence-electron chi connectivity index (χ1n) is 10.5. The molecule has 0 radical (unpaired) electrons. The summed E-state index contributed by atoms with van der Waals surface area (Å²) in [5, 5.41) is 28.2. The second-order valence-corrected chi connectivity index (χ2v) is 10.6. The van der Waals surface area contributed by atoms with E-state index in [0.717, 1.165) is 18.2 Å². The summed E-state index contributed by atoms with van der Waals surface area (Å²) >= 11 is 1.19. The van der Waals surface area contributed by atoms with Crippen LogP contribution in [0.1, 0.15) is 38.0 Å². The summed E-state index contributed by atoms with van der Waals surface area (Å²) in [6.07, 6.45) is 0. The summed E-state index contributed by atoms with van der Waals surface area (Å²) in [7, 11) is -3.85. The van der Waals surface area contributed by atoms with Crippen LogP contribution in [-0.4, -0.2) is 47.6 Å². The van der Waals surface area contributed by atoms with Crippen LogP contribution in [0, 0.1) is 0 Å². The number of aromatic carboxylic acids is 2. The summed E-state index contributed by atoms with van der Waals surface area (Å²) in [6, 6.07) is 15.1. The maximum Gasteiger partial charge on any atom is 0.336 e. The standard InChI is InChI=1S/C24H21N3O8S2/c1-13(21(28)26-15-6-8-18(9-7-15)37(25,34)35)36-17-4-2-3-16(12-17)27-22(29)19-10-5-14(23(30)31)11-20(19)24(32)33/h2-13H,1H3,(H,26,28)(H,27,29)(H,30,31)(H,32,33)(H2,25,34,35). The minimum atomic E-state index is -3.85. The summed E-state index contributed by atoms with van der Waals surface area (Å²) in [5.41, 5.74) is -0.212. The van der Waals surface area contributed by atoms with E-state index >= 15 is 0 Å². The van der Waals surface area contributed by atoms with Crippen molar-refractivity contribution < 1.29 is 37.8 Å². The van der Waals surface area contributed by atoms with E-state index in [0.29, 0.717) is 16.3 Å². The molecular formula is C24H21N3O8S2. The average molecular weight is 544 g/mol. The number of carboxylic acid groups (broad SMARTS) is 2.